The molecule has 6 N–H and O–H groups in total. The van der Waals surface area contributed by atoms with Crippen molar-refractivity contribution in [3.63, 3.8) is 0 Å². The predicted molar refractivity (Wildman–Crippen MR) is 330 cm³/mol. The maximum Gasteiger partial charge on any atom is 0.489 e. The topological polar surface area (TPSA) is 265 Å². The van der Waals surface area contributed by atoms with E-state index in [0.717, 1.165) is 59.1 Å². The van der Waals surface area contributed by atoms with Crippen molar-refractivity contribution in [3.8, 4) is 33.9 Å². The Morgan fingerprint density at radius 1 is 0.622 bits per heavy atom. The Hall–Kier alpha value is -2.74. The molecule has 404 valence electrons. The van der Waals surface area contributed by atoms with Gasteiger partial charge in [-0.25, -0.2) is 9.59 Å². The quantitative estimate of drug-likeness (QED) is 0.0320. The van der Waals surface area contributed by atoms with Crippen LogP contribution in [0.3, 0.4) is 0 Å². The second-order valence-electron chi connectivity index (χ2n) is 17.0. The van der Waals surface area contributed by atoms with Crippen molar-refractivity contribution in [1.82, 2.24) is 51.0 Å². The zero-order valence-corrected chi connectivity index (χ0v) is 55.2. The number of benzene rings is 4. The van der Waals surface area contributed by atoms with E-state index in [9.17, 15) is 29.4 Å². The van der Waals surface area contributed by atoms with Crippen LogP contribution in [-0.2, 0) is 32.3 Å². The molecule has 6 aromatic rings. The van der Waals surface area contributed by atoms with Gasteiger partial charge in [-0.15, -0.1) is 44.4 Å². The number of carboxylic acid groups (broad SMARTS) is 2. The molecule has 4 aromatic carbocycles. The van der Waals surface area contributed by atoms with E-state index in [1.165, 1.54) is 9.80 Å². The van der Waals surface area contributed by atoms with Gasteiger partial charge in [-0.3, -0.25) is 9.59 Å². The first-order valence-corrected chi connectivity index (χ1v) is 42.1. The van der Waals surface area contributed by atoms with Gasteiger partial charge in [0.2, 0.25) is 23.5 Å². The number of carbonyl (C=O) groups excluding carboxylic acids is 2. The normalized spacial score (nSPS) is 11.1. The van der Waals surface area contributed by atoms with E-state index < -0.39 is 31.1 Å². The minimum absolute atomic E-state index is 0. The summed E-state index contributed by atoms with van der Waals surface area (Å²) >= 11 is 9.54. The summed E-state index contributed by atoms with van der Waals surface area (Å²) < 4.78 is 0. The van der Waals surface area contributed by atoms with Gasteiger partial charge < -0.3 is 30.1 Å². The van der Waals surface area contributed by atoms with Crippen molar-refractivity contribution in [3.05, 3.63) is 114 Å². The number of hydrogen-bond acceptors (Lipinski definition) is 12. The zero-order valence-electron chi connectivity index (χ0n) is 42.1. The number of nitrogens with one attached hydrogen (secondary N) is 2. The van der Waals surface area contributed by atoms with Crippen molar-refractivity contribution in [2.24, 2.45) is 11.8 Å². The number of nitrogens with zero attached hydrogens (tertiary/aromatic N) is 8. The first-order chi connectivity index (χ1) is 35.0. The molecule has 0 fully saturated rings. The van der Waals surface area contributed by atoms with Gasteiger partial charge in [-0.05, 0) is 69.7 Å². The van der Waals surface area contributed by atoms with Gasteiger partial charge in [0.25, 0.3) is 0 Å². The standard InChI is InChI=1S/C24H29N5O3.C18H27NO3.C7H7BN4O2.I3.I2.HI/c1-4-5-10-21(30)29(22(16(2)3)24(31)32)15-17-11-13-18(14-12-17)19-8-6-7-9-20(19)23-25-27-28-26-23;1-5-6-7-16(20)19(17(13(2)3)18(21)22)12-15-10-8-14(4)9-11-15;13-8(14)6-4-2-1-3-5(6)7-9-11-12-10-7;1-3-2;1-2;/h6-9,11-14,16,22H,4-5,10,15H2,1-3H3,(H,31,32)(H,25,26,27,28);8-11,13,17H,5-7,12H2,1-4H3,(H,21,22);1-4,13-14H,(H,9,10,11,12);;;1H/q;;;-1;;. The molecule has 2 unspecified atom stereocenters. The van der Waals surface area contributed by atoms with Crippen molar-refractivity contribution in [2.45, 2.75) is 112 Å². The first kappa shape index (κ1) is 69.3. The summed E-state index contributed by atoms with van der Waals surface area (Å²) in [5.41, 5.74) is 6.68. The van der Waals surface area contributed by atoms with Crippen LogP contribution in [0.5, 0.6) is 0 Å². The maximum atomic E-state index is 12.9. The van der Waals surface area contributed by atoms with Gasteiger partial charge in [0, 0.05) is 74.3 Å². The number of aryl methyl sites for hydroxylation is 1. The zero-order chi connectivity index (χ0) is 54.5. The number of aromatic nitrogens is 8. The third kappa shape index (κ3) is 23.5. The van der Waals surface area contributed by atoms with E-state index in [4.69, 9.17) is 10.0 Å². The largest absolute Gasteiger partial charge is 0.489 e. The average molecular weight is 1690 g/mol. The van der Waals surface area contributed by atoms with Crippen LogP contribution in [0.2, 0.25) is 0 Å². The molecule has 0 aliphatic rings. The SMILES string of the molecule is CCCCC(=O)N(Cc1ccc(-c2ccccc2-c2nn[nH]n2)cc1)C(C(=O)O)C(C)C.CCCCC(=O)N(Cc1ccc(C)cc1)C(C(=O)O)C(C)C.I.II.I[I-]I.OB(O)c1ccccc1-c1nn[nH]n1. The third-order valence-electron chi connectivity index (χ3n) is 11.0. The Balaban J connectivity index is 0.000000564. The molecule has 0 saturated carbocycles. The Kier molecular flexibility index (Phi) is 36.3. The molecule has 2 heterocycles. The molecule has 0 aliphatic heterocycles. The summed E-state index contributed by atoms with van der Waals surface area (Å²) in [5, 5.41) is 64.9. The number of rotatable bonds is 20. The minimum Gasteiger partial charge on any atom is -0.423 e. The molecule has 0 aliphatic carbocycles. The van der Waals surface area contributed by atoms with E-state index in [1.54, 1.807) is 24.3 Å². The summed E-state index contributed by atoms with van der Waals surface area (Å²) in [4.78, 5) is 51.9. The number of tetrazole rings is 2. The number of unbranched alkanes of at least 4 members (excludes halogenated alkanes) is 2. The average Bonchev–Trinajstić information content (AvgIpc) is 4.13. The van der Waals surface area contributed by atoms with Crippen LogP contribution in [0.15, 0.2) is 97.1 Å². The molecule has 18 nitrogen and oxygen atoms in total. The van der Waals surface area contributed by atoms with Gasteiger partial charge in [0.1, 0.15) is 12.1 Å². The van der Waals surface area contributed by atoms with Crippen LogP contribution in [0, 0.1) is 18.8 Å². The number of amides is 2. The molecule has 2 amide bonds. The number of carbonyl (C=O) groups is 4. The minimum atomic E-state index is -1.54. The monoisotopic (exact) mass is 1690 g/mol. The second kappa shape index (κ2) is 38.8. The molecule has 0 bridgehead atoms. The van der Waals surface area contributed by atoms with E-state index >= 15 is 0 Å². The fourth-order valence-electron chi connectivity index (χ4n) is 7.47. The fraction of sp³-hybridized carbons (Fsp3) is 0.388. The molecule has 74 heavy (non-hydrogen) atoms. The molecule has 0 spiro atoms. The smallest absolute Gasteiger partial charge is 0.423 e. The Morgan fingerprint density at radius 3 is 1.36 bits per heavy atom. The van der Waals surface area contributed by atoms with E-state index in [1.807, 2.05) is 121 Å². The molecule has 2 aromatic heterocycles. The van der Waals surface area contributed by atoms with Crippen molar-refractivity contribution in [2.75, 3.05) is 0 Å². The fourth-order valence-corrected chi connectivity index (χ4v) is 7.47. The maximum absolute atomic E-state index is 12.9. The molecule has 25 heteroatoms. The Morgan fingerprint density at radius 2 is 1.00 bits per heavy atom. The first-order valence-electron chi connectivity index (χ1n) is 23.2. The van der Waals surface area contributed by atoms with Gasteiger partial charge in [-0.2, -0.15) is 10.4 Å². The molecular weight excluding hydrogens is 1630 g/mol. The number of carboxylic acids is 2. The Bertz CT molecular complexity index is 2520. The Labute approximate surface area is 504 Å². The van der Waals surface area contributed by atoms with Crippen molar-refractivity contribution in [1.29, 1.82) is 0 Å². The van der Waals surface area contributed by atoms with Crippen molar-refractivity contribution >= 4 is 135 Å². The van der Waals surface area contributed by atoms with Crippen LogP contribution in [0.4, 0.5) is 0 Å². The van der Waals surface area contributed by atoms with Gasteiger partial charge in [0.15, 0.2) is 0 Å². The van der Waals surface area contributed by atoms with Gasteiger partial charge in [-0.1, -0.05) is 157 Å². The summed E-state index contributed by atoms with van der Waals surface area (Å²) in [6, 6.07) is 28.6. The predicted octanol–water partition coefficient (Wildman–Crippen LogP) is 7.50. The molecule has 0 radical (unpaired) electrons. The van der Waals surface area contributed by atoms with Gasteiger partial charge in [0.05, 0.1) is 0 Å². The van der Waals surface area contributed by atoms with Crippen LogP contribution in [0.1, 0.15) is 96.8 Å². The van der Waals surface area contributed by atoms with Crippen LogP contribution in [-0.4, -0.2) is 114 Å². The number of H-pyrrole nitrogens is 2. The number of aliphatic carboxylic acids is 2. The van der Waals surface area contributed by atoms with Crippen molar-refractivity contribution < 1.29 is 52.7 Å². The number of halogens is 6. The summed E-state index contributed by atoms with van der Waals surface area (Å²) in [6.45, 7) is 14.0. The van der Waals surface area contributed by atoms with E-state index in [2.05, 4.69) is 116 Å². The third-order valence-corrected chi connectivity index (χ3v) is 11.0. The second-order valence-corrected chi connectivity index (χ2v) is 33.3. The van der Waals surface area contributed by atoms with Crippen LogP contribution in [0.25, 0.3) is 33.9 Å². The van der Waals surface area contributed by atoms with E-state index in [0.29, 0.717) is 55.3 Å². The molecule has 6 rings (SSSR count). The summed E-state index contributed by atoms with van der Waals surface area (Å²) in [7, 11) is -1.54. The number of aromatic amines is 2. The van der Waals surface area contributed by atoms with Crippen LogP contribution < -0.4 is 18.7 Å². The molecular formula is C49H64BI6N10O8-. The van der Waals surface area contributed by atoms with Crippen LogP contribution >= 0.6 is 98.4 Å². The molecule has 2 atom stereocenters. The molecule has 0 saturated heterocycles. The van der Waals surface area contributed by atoms with E-state index in [-0.39, 0.29) is 54.2 Å². The number of hydrogen-bond donors (Lipinski definition) is 6. The summed E-state index contributed by atoms with van der Waals surface area (Å²) in [6.07, 6.45) is 4.08. The summed E-state index contributed by atoms with van der Waals surface area (Å²) in [5.74, 6) is -1.59. The van der Waals surface area contributed by atoms with Gasteiger partial charge >= 0.3 is 69.5 Å².